The van der Waals surface area contributed by atoms with Crippen LogP contribution >= 0.6 is 0 Å². The van der Waals surface area contributed by atoms with Gasteiger partial charge in [-0.25, -0.2) is 0 Å². The Kier molecular flexibility index (Phi) is 5.28. The second kappa shape index (κ2) is 7.44. The summed E-state index contributed by atoms with van der Waals surface area (Å²) < 4.78 is 10.9. The molecule has 1 amide bonds. The summed E-state index contributed by atoms with van der Waals surface area (Å²) >= 11 is 0. The monoisotopic (exact) mass is 341 g/mol. The third-order valence-corrected chi connectivity index (χ3v) is 4.80. The van der Waals surface area contributed by atoms with Crippen LogP contribution in [-0.2, 0) is 16.7 Å². The second-order valence-electron chi connectivity index (χ2n) is 7.68. The van der Waals surface area contributed by atoms with E-state index >= 15 is 0 Å². The Morgan fingerprint density at radius 2 is 1.80 bits per heavy atom. The molecule has 4 nitrogen and oxygen atoms in total. The Balaban J connectivity index is 1.82. The Morgan fingerprint density at radius 1 is 1.12 bits per heavy atom. The molecule has 2 heterocycles. The maximum Gasteiger partial charge on any atom is 0.254 e. The topological polar surface area (TPSA) is 42.7 Å². The average molecular weight is 341 g/mol. The maximum absolute atomic E-state index is 13.2. The molecule has 1 aromatic carbocycles. The molecular weight excluding hydrogens is 314 g/mol. The van der Waals surface area contributed by atoms with Crippen LogP contribution in [0.2, 0.25) is 0 Å². The van der Waals surface area contributed by atoms with Gasteiger partial charge in [0.15, 0.2) is 0 Å². The normalized spacial score (nSPS) is 16.0. The molecule has 2 aromatic rings. The van der Waals surface area contributed by atoms with E-state index in [1.54, 1.807) is 6.26 Å². The first-order valence-corrected chi connectivity index (χ1v) is 8.97. The average Bonchev–Trinajstić information content (AvgIpc) is 3.12. The molecule has 0 bridgehead atoms. The lowest BCUT2D eigenvalue weighted by molar-refractivity contribution is 0.0250. The van der Waals surface area contributed by atoms with Crippen molar-refractivity contribution >= 4 is 5.91 Å². The highest BCUT2D eigenvalue weighted by atomic mass is 16.5. The van der Waals surface area contributed by atoms with Gasteiger partial charge in [0.05, 0.1) is 12.8 Å². The van der Waals surface area contributed by atoms with Gasteiger partial charge in [-0.3, -0.25) is 4.79 Å². The molecule has 0 unspecified atom stereocenters. The van der Waals surface area contributed by atoms with E-state index < -0.39 is 0 Å². The number of ether oxygens (including phenoxy) is 1. The predicted molar refractivity (Wildman–Crippen MR) is 97.6 cm³/mol. The molecule has 4 heteroatoms. The number of carbonyl (C=O) groups is 1. The number of benzene rings is 1. The quantitative estimate of drug-likeness (QED) is 0.828. The molecule has 0 N–H and O–H groups in total. The molecule has 3 rings (SSSR count). The number of carbonyl (C=O) groups excluding carboxylic acids is 1. The van der Waals surface area contributed by atoms with Crippen molar-refractivity contribution in [2.45, 2.75) is 51.6 Å². The zero-order valence-electron chi connectivity index (χ0n) is 15.3. The molecule has 0 radical (unpaired) electrons. The first-order chi connectivity index (χ1) is 11.9. The predicted octanol–water partition coefficient (Wildman–Crippen LogP) is 4.40. The summed E-state index contributed by atoms with van der Waals surface area (Å²) in [5.41, 5.74) is 2.04. The van der Waals surface area contributed by atoms with Gasteiger partial charge in [-0.15, -0.1) is 0 Å². The lowest BCUT2D eigenvalue weighted by atomic mass is 9.86. The number of amides is 1. The van der Waals surface area contributed by atoms with Crippen molar-refractivity contribution < 1.29 is 13.9 Å². The van der Waals surface area contributed by atoms with Crippen molar-refractivity contribution in [3.8, 4) is 0 Å². The van der Waals surface area contributed by atoms with Gasteiger partial charge in [-0.2, -0.15) is 0 Å². The molecule has 1 saturated heterocycles. The zero-order chi connectivity index (χ0) is 17.9. The second-order valence-corrected chi connectivity index (χ2v) is 7.68. The lowest BCUT2D eigenvalue weighted by Crippen LogP contribution is -2.42. The molecule has 1 aliphatic heterocycles. The molecule has 0 spiro atoms. The summed E-state index contributed by atoms with van der Waals surface area (Å²) in [5, 5.41) is 0. The highest BCUT2D eigenvalue weighted by Gasteiger charge is 2.27. The minimum absolute atomic E-state index is 0.0590. The fraction of sp³-hybridized carbons (Fsp3) is 0.476. The van der Waals surface area contributed by atoms with Crippen LogP contribution < -0.4 is 0 Å². The van der Waals surface area contributed by atoms with Crippen LogP contribution in [0.15, 0.2) is 47.1 Å². The Bertz CT molecular complexity index is 677. The van der Waals surface area contributed by atoms with E-state index in [9.17, 15) is 4.79 Å². The van der Waals surface area contributed by atoms with Crippen molar-refractivity contribution in [2.75, 3.05) is 13.2 Å². The third kappa shape index (κ3) is 4.31. The Hall–Kier alpha value is -2.07. The van der Waals surface area contributed by atoms with Gasteiger partial charge in [-0.05, 0) is 48.1 Å². The van der Waals surface area contributed by atoms with Crippen LogP contribution in [0.25, 0.3) is 0 Å². The summed E-state index contributed by atoms with van der Waals surface area (Å²) in [5.74, 6) is 0.870. The van der Waals surface area contributed by atoms with E-state index in [2.05, 4.69) is 32.9 Å². The van der Waals surface area contributed by atoms with Crippen LogP contribution in [0.4, 0.5) is 0 Å². The van der Waals surface area contributed by atoms with Gasteiger partial charge >= 0.3 is 0 Å². The van der Waals surface area contributed by atoms with Crippen molar-refractivity contribution in [1.29, 1.82) is 0 Å². The molecule has 1 aliphatic rings. The molecule has 134 valence electrons. The SMILES string of the molecule is CC(C)(C)c1ccc(C(=O)N(Cc2ccco2)C2CCOCC2)cc1. The van der Waals surface area contributed by atoms with Gasteiger partial charge in [0.1, 0.15) is 5.76 Å². The van der Waals surface area contributed by atoms with Gasteiger partial charge in [0, 0.05) is 24.8 Å². The van der Waals surface area contributed by atoms with Gasteiger partial charge in [0.2, 0.25) is 0 Å². The van der Waals surface area contributed by atoms with Crippen LogP contribution in [0.5, 0.6) is 0 Å². The van der Waals surface area contributed by atoms with Gasteiger partial charge in [-0.1, -0.05) is 32.9 Å². The Labute approximate surface area is 149 Å². The first kappa shape index (κ1) is 17.7. The molecule has 0 saturated carbocycles. The summed E-state index contributed by atoms with van der Waals surface area (Å²) in [4.78, 5) is 15.1. The molecule has 25 heavy (non-hydrogen) atoms. The third-order valence-electron chi connectivity index (χ3n) is 4.80. The fourth-order valence-corrected chi connectivity index (χ4v) is 3.21. The van der Waals surface area contributed by atoms with E-state index in [1.807, 2.05) is 29.2 Å². The van der Waals surface area contributed by atoms with E-state index in [-0.39, 0.29) is 17.4 Å². The van der Waals surface area contributed by atoms with Crippen molar-refractivity contribution in [1.82, 2.24) is 4.90 Å². The maximum atomic E-state index is 13.2. The highest BCUT2D eigenvalue weighted by molar-refractivity contribution is 5.94. The van der Waals surface area contributed by atoms with E-state index in [1.165, 1.54) is 5.56 Å². The van der Waals surface area contributed by atoms with Crippen molar-refractivity contribution in [2.24, 2.45) is 0 Å². The number of hydrogen-bond donors (Lipinski definition) is 0. The Morgan fingerprint density at radius 3 is 2.36 bits per heavy atom. The van der Waals surface area contributed by atoms with E-state index in [0.717, 1.165) is 24.2 Å². The van der Waals surface area contributed by atoms with Gasteiger partial charge in [0.25, 0.3) is 5.91 Å². The smallest absolute Gasteiger partial charge is 0.254 e. The van der Waals surface area contributed by atoms with Crippen LogP contribution in [-0.4, -0.2) is 30.1 Å². The largest absolute Gasteiger partial charge is 0.467 e. The standard InChI is InChI=1S/C21H27NO3/c1-21(2,3)17-8-6-16(7-9-17)20(23)22(15-19-5-4-12-25-19)18-10-13-24-14-11-18/h4-9,12,18H,10-11,13-15H2,1-3H3. The van der Waals surface area contributed by atoms with Crippen molar-refractivity contribution in [3.05, 3.63) is 59.5 Å². The van der Waals surface area contributed by atoms with E-state index in [0.29, 0.717) is 19.8 Å². The van der Waals surface area contributed by atoms with Crippen LogP contribution in [0.3, 0.4) is 0 Å². The molecular formula is C21H27NO3. The highest BCUT2D eigenvalue weighted by Crippen LogP contribution is 2.24. The number of furan rings is 1. The number of hydrogen-bond acceptors (Lipinski definition) is 3. The summed E-state index contributed by atoms with van der Waals surface area (Å²) in [6, 6.07) is 12.0. The first-order valence-electron chi connectivity index (χ1n) is 8.97. The molecule has 0 aliphatic carbocycles. The summed E-state index contributed by atoms with van der Waals surface area (Å²) in [6.45, 7) is 8.43. The minimum atomic E-state index is 0.0590. The minimum Gasteiger partial charge on any atom is -0.467 e. The summed E-state index contributed by atoms with van der Waals surface area (Å²) in [7, 11) is 0. The lowest BCUT2D eigenvalue weighted by Gasteiger charge is -2.34. The van der Waals surface area contributed by atoms with Crippen LogP contribution in [0, 0.1) is 0 Å². The molecule has 1 fully saturated rings. The zero-order valence-corrected chi connectivity index (χ0v) is 15.3. The van der Waals surface area contributed by atoms with E-state index in [4.69, 9.17) is 9.15 Å². The van der Waals surface area contributed by atoms with Crippen molar-refractivity contribution in [3.63, 3.8) is 0 Å². The fourth-order valence-electron chi connectivity index (χ4n) is 3.21. The summed E-state index contributed by atoms with van der Waals surface area (Å²) in [6.07, 6.45) is 3.39. The van der Waals surface area contributed by atoms with Crippen LogP contribution in [0.1, 0.15) is 55.3 Å². The number of nitrogens with zero attached hydrogens (tertiary/aromatic N) is 1. The van der Waals surface area contributed by atoms with Gasteiger partial charge < -0.3 is 14.1 Å². The molecule has 1 aromatic heterocycles. The molecule has 0 atom stereocenters. The number of rotatable bonds is 4.